The third-order valence-corrected chi connectivity index (χ3v) is 7.30. The molecule has 6 nitrogen and oxygen atoms in total. The van der Waals surface area contributed by atoms with Crippen molar-refractivity contribution in [1.29, 1.82) is 0 Å². The van der Waals surface area contributed by atoms with Crippen LogP contribution in [0.2, 0.25) is 0 Å². The molecule has 3 amide bonds. The minimum absolute atomic E-state index is 0.0436. The molecule has 33 heavy (non-hydrogen) atoms. The Labute approximate surface area is 194 Å². The zero-order chi connectivity index (χ0) is 22.8. The fourth-order valence-corrected chi connectivity index (χ4v) is 5.50. The molecule has 0 bridgehead atoms. The molecule has 5 rings (SSSR count). The standard InChI is InChI=1S/C27H31N3O3/c31-25(28-17-19-8-2-1-3-9-19)21-11-6-10-20(16-21)18-30-23-13-5-4-12-22(23)26(32)29-15-7-14-24(29)27(30)33/h4-6,10-13,16,19,24H,1-3,7-9,14-15,17-18H2,(H,28,31). The van der Waals surface area contributed by atoms with Gasteiger partial charge in [-0.1, -0.05) is 43.5 Å². The van der Waals surface area contributed by atoms with Crippen molar-refractivity contribution in [2.24, 2.45) is 5.92 Å². The van der Waals surface area contributed by atoms with Crippen LogP contribution in [0.4, 0.5) is 5.69 Å². The normalized spacial score (nSPS) is 20.9. The predicted octanol–water partition coefficient (Wildman–Crippen LogP) is 4.15. The summed E-state index contributed by atoms with van der Waals surface area (Å²) in [5, 5.41) is 3.10. The van der Waals surface area contributed by atoms with Crippen molar-refractivity contribution < 1.29 is 14.4 Å². The first-order valence-electron chi connectivity index (χ1n) is 12.2. The molecule has 2 aromatic rings. The molecule has 1 atom stereocenters. The molecule has 1 N–H and O–H groups in total. The van der Waals surface area contributed by atoms with E-state index in [2.05, 4.69) is 5.32 Å². The van der Waals surface area contributed by atoms with Crippen LogP contribution < -0.4 is 10.2 Å². The highest BCUT2D eigenvalue weighted by Crippen LogP contribution is 2.33. The van der Waals surface area contributed by atoms with Gasteiger partial charge in [-0.3, -0.25) is 14.4 Å². The average Bonchev–Trinajstić information content (AvgIpc) is 3.33. The fourth-order valence-electron chi connectivity index (χ4n) is 5.50. The van der Waals surface area contributed by atoms with Gasteiger partial charge in [0.2, 0.25) is 5.91 Å². The Morgan fingerprint density at radius 1 is 0.939 bits per heavy atom. The quantitative estimate of drug-likeness (QED) is 0.752. The van der Waals surface area contributed by atoms with E-state index < -0.39 is 6.04 Å². The van der Waals surface area contributed by atoms with E-state index in [9.17, 15) is 14.4 Å². The molecule has 2 aromatic carbocycles. The van der Waals surface area contributed by atoms with Crippen molar-refractivity contribution in [1.82, 2.24) is 10.2 Å². The summed E-state index contributed by atoms with van der Waals surface area (Å²) in [7, 11) is 0. The van der Waals surface area contributed by atoms with E-state index in [4.69, 9.17) is 0 Å². The summed E-state index contributed by atoms with van der Waals surface area (Å²) < 4.78 is 0. The summed E-state index contributed by atoms with van der Waals surface area (Å²) in [6, 6.07) is 14.4. The summed E-state index contributed by atoms with van der Waals surface area (Å²) in [5.74, 6) is 0.393. The van der Waals surface area contributed by atoms with E-state index in [0.717, 1.165) is 18.5 Å². The molecule has 6 heteroatoms. The van der Waals surface area contributed by atoms with E-state index in [0.29, 0.717) is 42.2 Å². The maximum absolute atomic E-state index is 13.5. The zero-order valence-corrected chi connectivity index (χ0v) is 19.0. The molecule has 2 heterocycles. The number of hydrogen-bond acceptors (Lipinski definition) is 3. The van der Waals surface area contributed by atoms with Crippen molar-refractivity contribution in [2.75, 3.05) is 18.0 Å². The van der Waals surface area contributed by atoms with Gasteiger partial charge in [0.15, 0.2) is 0 Å². The number of nitrogens with one attached hydrogen (secondary N) is 1. The molecule has 1 aliphatic carbocycles. The maximum Gasteiger partial charge on any atom is 0.256 e. The topological polar surface area (TPSA) is 69.7 Å². The minimum Gasteiger partial charge on any atom is -0.352 e. The summed E-state index contributed by atoms with van der Waals surface area (Å²) in [6.07, 6.45) is 7.72. The first kappa shape index (κ1) is 21.7. The van der Waals surface area contributed by atoms with Crippen LogP contribution in [0.15, 0.2) is 48.5 Å². The number of nitrogens with zero attached hydrogens (tertiary/aromatic N) is 2. The highest BCUT2D eigenvalue weighted by Gasteiger charge is 2.41. The first-order chi connectivity index (χ1) is 16.1. The van der Waals surface area contributed by atoms with Gasteiger partial charge >= 0.3 is 0 Å². The number of anilines is 1. The number of carbonyl (C=O) groups excluding carboxylic acids is 3. The second-order valence-electron chi connectivity index (χ2n) is 9.51. The lowest BCUT2D eigenvalue weighted by atomic mass is 9.89. The van der Waals surface area contributed by atoms with Crippen molar-refractivity contribution in [2.45, 2.75) is 57.5 Å². The predicted molar refractivity (Wildman–Crippen MR) is 127 cm³/mol. The van der Waals surface area contributed by atoms with Gasteiger partial charge in [-0.2, -0.15) is 0 Å². The average molecular weight is 446 g/mol. The maximum atomic E-state index is 13.5. The van der Waals surface area contributed by atoms with Gasteiger partial charge in [0.1, 0.15) is 6.04 Å². The van der Waals surface area contributed by atoms with E-state index >= 15 is 0 Å². The van der Waals surface area contributed by atoms with Crippen LogP contribution in [0.25, 0.3) is 0 Å². The highest BCUT2D eigenvalue weighted by molar-refractivity contribution is 6.11. The first-order valence-corrected chi connectivity index (χ1v) is 12.2. The summed E-state index contributed by atoms with van der Waals surface area (Å²) in [6.45, 7) is 1.67. The molecule has 3 aliphatic rings. The Morgan fingerprint density at radius 3 is 2.61 bits per heavy atom. The number of para-hydroxylation sites is 1. The molecule has 0 spiro atoms. The van der Waals surface area contributed by atoms with Gasteiger partial charge in [-0.05, 0) is 61.4 Å². The fraction of sp³-hybridized carbons (Fsp3) is 0.444. The second-order valence-corrected chi connectivity index (χ2v) is 9.51. The molecular weight excluding hydrogens is 414 g/mol. The van der Waals surface area contributed by atoms with E-state index in [-0.39, 0.29) is 17.7 Å². The van der Waals surface area contributed by atoms with Crippen LogP contribution >= 0.6 is 0 Å². The van der Waals surface area contributed by atoms with Crippen LogP contribution in [0, 0.1) is 5.92 Å². The lowest BCUT2D eigenvalue weighted by Gasteiger charge is -2.26. The molecule has 172 valence electrons. The minimum atomic E-state index is -0.410. The molecule has 2 aliphatic heterocycles. The number of fused-ring (bicyclic) bond motifs is 2. The van der Waals surface area contributed by atoms with E-state index in [1.807, 2.05) is 42.5 Å². The highest BCUT2D eigenvalue weighted by atomic mass is 16.2. The Hall–Kier alpha value is -3.15. The van der Waals surface area contributed by atoms with Gasteiger partial charge in [0.25, 0.3) is 11.8 Å². The lowest BCUT2D eigenvalue weighted by Crippen LogP contribution is -2.44. The van der Waals surface area contributed by atoms with Crippen molar-refractivity contribution in [3.63, 3.8) is 0 Å². The summed E-state index contributed by atoms with van der Waals surface area (Å²) in [5.41, 5.74) is 2.70. The number of benzene rings is 2. The molecule has 2 fully saturated rings. The molecule has 0 radical (unpaired) electrons. The second kappa shape index (κ2) is 9.38. The molecular formula is C27H31N3O3. The van der Waals surface area contributed by atoms with E-state index in [1.165, 1.54) is 32.1 Å². The summed E-state index contributed by atoms with van der Waals surface area (Å²) in [4.78, 5) is 42.8. The number of amides is 3. The molecule has 1 saturated carbocycles. The monoisotopic (exact) mass is 445 g/mol. The molecule has 0 aromatic heterocycles. The zero-order valence-electron chi connectivity index (χ0n) is 19.0. The van der Waals surface area contributed by atoms with Crippen molar-refractivity contribution in [3.05, 3.63) is 65.2 Å². The molecule has 1 unspecified atom stereocenters. The van der Waals surface area contributed by atoms with Gasteiger partial charge in [-0.25, -0.2) is 0 Å². The Balaban J connectivity index is 1.36. The smallest absolute Gasteiger partial charge is 0.256 e. The van der Waals surface area contributed by atoms with E-state index in [1.54, 1.807) is 15.9 Å². The van der Waals surface area contributed by atoms with Crippen LogP contribution in [-0.2, 0) is 11.3 Å². The third kappa shape index (κ3) is 4.39. The van der Waals surface area contributed by atoms with Crippen molar-refractivity contribution in [3.8, 4) is 0 Å². The number of hydrogen-bond donors (Lipinski definition) is 1. The number of rotatable bonds is 5. The van der Waals surface area contributed by atoms with Crippen LogP contribution in [0.1, 0.15) is 71.2 Å². The Morgan fingerprint density at radius 2 is 1.76 bits per heavy atom. The van der Waals surface area contributed by atoms with Crippen LogP contribution in [0.3, 0.4) is 0 Å². The third-order valence-electron chi connectivity index (χ3n) is 7.30. The SMILES string of the molecule is O=C(NCC1CCCCC1)c1cccc(CN2C(=O)C3CCCN3C(=O)c3ccccc32)c1. The van der Waals surface area contributed by atoms with Gasteiger partial charge in [0.05, 0.1) is 17.8 Å². The number of carbonyl (C=O) groups is 3. The lowest BCUT2D eigenvalue weighted by molar-refractivity contribution is -0.122. The Bertz CT molecular complexity index is 1060. The van der Waals surface area contributed by atoms with Crippen molar-refractivity contribution >= 4 is 23.4 Å². The molecule has 1 saturated heterocycles. The van der Waals surface area contributed by atoms with Crippen LogP contribution in [-0.4, -0.2) is 41.8 Å². The van der Waals surface area contributed by atoms with Gasteiger partial charge in [0, 0.05) is 18.7 Å². The van der Waals surface area contributed by atoms with Crippen LogP contribution in [0.5, 0.6) is 0 Å². The summed E-state index contributed by atoms with van der Waals surface area (Å²) >= 11 is 0. The van der Waals surface area contributed by atoms with Gasteiger partial charge < -0.3 is 15.1 Å². The van der Waals surface area contributed by atoms with Gasteiger partial charge in [-0.15, -0.1) is 0 Å². The Kier molecular flexibility index (Phi) is 6.16. The largest absolute Gasteiger partial charge is 0.352 e.